The van der Waals surface area contributed by atoms with Gasteiger partial charge in [0.2, 0.25) is 4.96 Å². The van der Waals surface area contributed by atoms with Gasteiger partial charge in [0.15, 0.2) is 10.8 Å². The van der Waals surface area contributed by atoms with Crippen LogP contribution in [0.2, 0.25) is 0 Å². The molecule has 8 heteroatoms. The van der Waals surface area contributed by atoms with Gasteiger partial charge in [-0.05, 0) is 12.2 Å². The molecule has 3 rings (SSSR count). The zero-order chi connectivity index (χ0) is 13.4. The summed E-state index contributed by atoms with van der Waals surface area (Å²) in [5, 5.41) is 18.2. The van der Waals surface area contributed by atoms with Gasteiger partial charge in [-0.25, -0.2) is 0 Å². The van der Waals surface area contributed by atoms with Crippen LogP contribution in [0.3, 0.4) is 0 Å². The van der Waals surface area contributed by atoms with Crippen molar-refractivity contribution in [2.24, 2.45) is 0 Å². The fourth-order valence-electron chi connectivity index (χ4n) is 1.56. The van der Waals surface area contributed by atoms with E-state index >= 15 is 0 Å². The average molecular weight is 295 g/mol. The maximum Gasteiger partial charge on any atom is 0.235 e. The highest BCUT2D eigenvalue weighted by atomic mass is 32.2. The summed E-state index contributed by atoms with van der Waals surface area (Å²) >= 11 is 3.29. The fourth-order valence-corrected chi connectivity index (χ4v) is 3.03. The number of aryl methyl sites for hydroxylation is 1. The van der Waals surface area contributed by atoms with Crippen LogP contribution in [-0.2, 0) is 5.75 Å². The highest BCUT2D eigenvalue weighted by molar-refractivity contribution is 7.99. The molecule has 0 unspecified atom stereocenters. The summed E-state index contributed by atoms with van der Waals surface area (Å²) in [4.78, 5) is 0.787. The summed E-state index contributed by atoms with van der Waals surface area (Å²) in [7, 11) is 0. The van der Waals surface area contributed by atoms with Crippen molar-refractivity contribution in [3.63, 3.8) is 0 Å². The minimum Gasteiger partial charge on any atom is -0.361 e. The Morgan fingerprint density at radius 3 is 2.95 bits per heavy atom. The lowest BCUT2D eigenvalue weighted by atomic mass is 10.4. The topological polar surface area (TPSA) is 69.1 Å². The molecule has 0 amide bonds. The van der Waals surface area contributed by atoms with Crippen molar-refractivity contribution in [1.82, 2.24) is 25.0 Å². The summed E-state index contributed by atoms with van der Waals surface area (Å²) < 4.78 is 6.86. The zero-order valence-electron chi connectivity index (χ0n) is 10.8. The molecule has 0 saturated heterocycles. The Balaban J connectivity index is 1.93. The number of thioether (sulfide) groups is 1. The van der Waals surface area contributed by atoms with Gasteiger partial charge < -0.3 is 4.52 Å². The molecule has 3 aromatic heterocycles. The molecule has 19 heavy (non-hydrogen) atoms. The van der Waals surface area contributed by atoms with Crippen molar-refractivity contribution in [1.29, 1.82) is 0 Å². The zero-order valence-corrected chi connectivity index (χ0v) is 12.5. The summed E-state index contributed by atoms with van der Waals surface area (Å²) in [6.07, 6.45) is 0. The number of hydrogen-bond donors (Lipinski definition) is 0. The van der Waals surface area contributed by atoms with Crippen molar-refractivity contribution >= 4 is 28.1 Å². The predicted octanol–water partition coefficient (Wildman–Crippen LogP) is 2.79. The molecule has 0 atom stereocenters. The van der Waals surface area contributed by atoms with Crippen LogP contribution in [0, 0.1) is 6.92 Å². The van der Waals surface area contributed by atoms with Gasteiger partial charge in [0, 0.05) is 6.07 Å². The van der Waals surface area contributed by atoms with Crippen molar-refractivity contribution in [3.8, 4) is 10.7 Å². The molecule has 0 aromatic carbocycles. The van der Waals surface area contributed by atoms with Gasteiger partial charge >= 0.3 is 0 Å². The summed E-state index contributed by atoms with van der Waals surface area (Å²) in [6, 6.07) is 1.87. The first-order valence-corrected chi connectivity index (χ1v) is 7.76. The lowest BCUT2D eigenvalue weighted by Crippen LogP contribution is -1.96. The number of hydrogen-bond acceptors (Lipinski definition) is 7. The first-order valence-electron chi connectivity index (χ1n) is 5.90. The van der Waals surface area contributed by atoms with Gasteiger partial charge in [-0.3, -0.25) is 0 Å². The van der Waals surface area contributed by atoms with Crippen molar-refractivity contribution in [2.45, 2.75) is 31.8 Å². The van der Waals surface area contributed by atoms with Crippen LogP contribution < -0.4 is 0 Å². The molecular weight excluding hydrogens is 282 g/mol. The van der Waals surface area contributed by atoms with E-state index in [-0.39, 0.29) is 0 Å². The van der Waals surface area contributed by atoms with E-state index in [0.717, 1.165) is 33.0 Å². The highest BCUT2D eigenvalue weighted by Gasteiger charge is 2.15. The molecule has 0 saturated carbocycles. The van der Waals surface area contributed by atoms with Crippen LogP contribution in [0.4, 0.5) is 0 Å². The van der Waals surface area contributed by atoms with E-state index in [1.165, 1.54) is 11.3 Å². The smallest absolute Gasteiger partial charge is 0.235 e. The summed E-state index contributed by atoms with van der Waals surface area (Å²) in [5.41, 5.74) is 0.746. The summed E-state index contributed by atoms with van der Waals surface area (Å²) in [6.45, 7) is 6.18. The second kappa shape index (κ2) is 4.93. The fraction of sp³-hybridized carbons (Fsp3) is 0.455. The maximum absolute atomic E-state index is 5.07. The Bertz CT molecular complexity index is 699. The molecule has 100 valence electrons. The molecular formula is C11H13N5OS2. The van der Waals surface area contributed by atoms with Crippen LogP contribution >= 0.6 is 23.1 Å². The average Bonchev–Trinajstić information content (AvgIpc) is 3.00. The maximum atomic E-state index is 5.07. The first-order chi connectivity index (χ1) is 9.13. The van der Waals surface area contributed by atoms with E-state index in [4.69, 9.17) is 4.52 Å². The van der Waals surface area contributed by atoms with E-state index in [0.29, 0.717) is 5.25 Å². The first kappa shape index (κ1) is 12.6. The summed E-state index contributed by atoms with van der Waals surface area (Å²) in [5.74, 6) is 2.45. The molecule has 0 aliphatic heterocycles. The highest BCUT2D eigenvalue weighted by Crippen LogP contribution is 2.26. The Morgan fingerprint density at radius 1 is 1.42 bits per heavy atom. The molecule has 6 nitrogen and oxygen atoms in total. The third kappa shape index (κ3) is 2.50. The van der Waals surface area contributed by atoms with Gasteiger partial charge in [-0.2, -0.15) is 21.4 Å². The molecule has 0 aliphatic rings. The lowest BCUT2D eigenvalue weighted by molar-refractivity contribution is 0.399. The minimum atomic E-state index is 0.559. The van der Waals surface area contributed by atoms with Crippen molar-refractivity contribution < 1.29 is 4.52 Å². The van der Waals surface area contributed by atoms with Gasteiger partial charge in [-0.15, -0.1) is 10.2 Å². The van der Waals surface area contributed by atoms with E-state index in [1.54, 1.807) is 4.52 Å². The standard InChI is InChI=1S/C11H13N5OS2/c1-6(2)18-5-9-12-13-11-16(9)14-10(19-11)8-4-7(3)17-15-8/h4,6H,5H2,1-3H3. The number of rotatable bonds is 4. The van der Waals surface area contributed by atoms with Gasteiger partial charge in [0.05, 0.1) is 5.75 Å². The van der Waals surface area contributed by atoms with Crippen LogP contribution in [0.5, 0.6) is 0 Å². The number of fused-ring (bicyclic) bond motifs is 1. The molecule has 3 heterocycles. The van der Waals surface area contributed by atoms with E-state index in [9.17, 15) is 0 Å². The Labute approximate surface area is 118 Å². The van der Waals surface area contributed by atoms with Crippen LogP contribution in [0.25, 0.3) is 15.7 Å². The van der Waals surface area contributed by atoms with Crippen molar-refractivity contribution in [3.05, 3.63) is 17.7 Å². The second-order valence-corrected chi connectivity index (χ2v) is 6.92. The predicted molar refractivity (Wildman–Crippen MR) is 75.3 cm³/mol. The number of nitrogens with zero attached hydrogens (tertiary/aromatic N) is 5. The molecule has 0 fully saturated rings. The Kier molecular flexibility index (Phi) is 3.28. The minimum absolute atomic E-state index is 0.559. The third-order valence-electron chi connectivity index (χ3n) is 2.45. The molecule has 0 radical (unpaired) electrons. The molecule has 3 aromatic rings. The van der Waals surface area contributed by atoms with Gasteiger partial charge in [0.25, 0.3) is 0 Å². The lowest BCUT2D eigenvalue weighted by Gasteiger charge is -2.00. The molecule has 0 N–H and O–H groups in total. The molecule has 0 spiro atoms. The van der Waals surface area contributed by atoms with Gasteiger partial charge in [-0.1, -0.05) is 30.3 Å². The SMILES string of the molecule is Cc1cc(-c2nn3c(CSC(C)C)nnc3s2)no1. The van der Waals surface area contributed by atoms with E-state index in [2.05, 4.69) is 34.3 Å². The Morgan fingerprint density at radius 2 is 2.26 bits per heavy atom. The van der Waals surface area contributed by atoms with E-state index in [1.807, 2.05) is 24.8 Å². The Hall–Kier alpha value is -1.41. The number of aromatic nitrogens is 5. The molecule has 0 aliphatic carbocycles. The second-order valence-electron chi connectivity index (χ2n) is 4.40. The third-order valence-corrected chi connectivity index (χ3v) is 4.46. The van der Waals surface area contributed by atoms with Crippen LogP contribution in [-0.4, -0.2) is 30.2 Å². The monoisotopic (exact) mass is 295 g/mol. The largest absolute Gasteiger partial charge is 0.361 e. The quantitative estimate of drug-likeness (QED) is 0.737. The van der Waals surface area contributed by atoms with Crippen molar-refractivity contribution in [2.75, 3.05) is 0 Å². The van der Waals surface area contributed by atoms with Crippen LogP contribution in [0.15, 0.2) is 10.6 Å². The van der Waals surface area contributed by atoms with Crippen LogP contribution in [0.1, 0.15) is 25.4 Å². The van der Waals surface area contributed by atoms with E-state index < -0.39 is 0 Å². The molecule has 0 bridgehead atoms. The normalized spacial score (nSPS) is 11.8. The van der Waals surface area contributed by atoms with Gasteiger partial charge in [0.1, 0.15) is 11.5 Å².